The van der Waals surface area contributed by atoms with Crippen molar-refractivity contribution in [2.45, 2.75) is 96.5 Å². The summed E-state index contributed by atoms with van der Waals surface area (Å²) in [6, 6.07) is 8.22. The van der Waals surface area contributed by atoms with Gasteiger partial charge in [-0.15, -0.1) is 0 Å². The Morgan fingerprint density at radius 3 is 1.98 bits per heavy atom. The monoisotopic (exact) mass is 639 g/mol. The average Bonchev–Trinajstić information content (AvgIpc) is 3.02. The lowest BCUT2D eigenvalue weighted by Gasteiger charge is -2.47. The molecular formula is C35H53N5O6. The largest absolute Gasteiger partial charge is 0.465 e. The first-order valence-electron chi connectivity index (χ1n) is 17.2. The number of rotatable bonds is 2. The van der Waals surface area contributed by atoms with Gasteiger partial charge in [0.25, 0.3) is 0 Å². The number of amides is 4. The third kappa shape index (κ3) is 8.52. The number of carboxylic acid groups (broad SMARTS) is 1. The average molecular weight is 640 g/mol. The minimum absolute atomic E-state index is 0.179. The van der Waals surface area contributed by atoms with Crippen molar-refractivity contribution in [2.75, 3.05) is 57.3 Å². The Morgan fingerprint density at radius 2 is 1.41 bits per heavy atom. The van der Waals surface area contributed by atoms with Crippen molar-refractivity contribution in [3.05, 3.63) is 29.8 Å². The molecule has 5 fully saturated rings. The van der Waals surface area contributed by atoms with E-state index in [1.54, 1.807) is 4.90 Å². The van der Waals surface area contributed by atoms with Crippen LogP contribution in [0.2, 0.25) is 0 Å². The summed E-state index contributed by atoms with van der Waals surface area (Å²) >= 11 is 0. The van der Waals surface area contributed by atoms with Crippen molar-refractivity contribution >= 4 is 29.7 Å². The number of carbonyl (C=O) groups is 4. The van der Waals surface area contributed by atoms with Crippen molar-refractivity contribution in [1.82, 2.24) is 20.4 Å². The maximum atomic E-state index is 12.4. The lowest BCUT2D eigenvalue weighted by molar-refractivity contribution is -0.134. The zero-order valence-electron chi connectivity index (χ0n) is 27.9. The minimum Gasteiger partial charge on any atom is -0.465 e. The molecule has 1 unspecified atom stereocenters. The molecule has 5 aliphatic heterocycles. The standard InChI is InChI=1S/C25H35N3O4.C10H18N2O2/c1-24(2,3)32-23(31)28-15-11-25(12-16-28)9-13-27(14-10-25)19-6-4-5-18(17-19)20-7-8-21(29)26-22(20)30;13-9(14)12-7-3-10(4-8-12)1-5-11-6-2-10/h4-6,17,20H,7-16H2,1-3H3,(H,26,29,30);11H,1-8H2,(H,13,14). The van der Waals surface area contributed by atoms with Gasteiger partial charge in [-0.25, -0.2) is 9.59 Å². The fourth-order valence-electron chi connectivity index (χ4n) is 7.81. The number of piperidine rings is 5. The van der Waals surface area contributed by atoms with Gasteiger partial charge in [0.15, 0.2) is 0 Å². The first kappa shape index (κ1) is 34.0. The highest BCUT2D eigenvalue weighted by Crippen LogP contribution is 2.43. The molecular weight excluding hydrogens is 586 g/mol. The van der Waals surface area contributed by atoms with Crippen LogP contribution in [-0.2, 0) is 14.3 Å². The van der Waals surface area contributed by atoms with Gasteiger partial charge in [0.2, 0.25) is 11.8 Å². The van der Waals surface area contributed by atoms with E-state index in [0.717, 1.165) is 102 Å². The highest BCUT2D eigenvalue weighted by molar-refractivity contribution is 6.01. The number of anilines is 1. The lowest BCUT2D eigenvalue weighted by atomic mass is 9.71. The smallest absolute Gasteiger partial charge is 0.410 e. The first-order valence-corrected chi connectivity index (χ1v) is 17.2. The van der Waals surface area contributed by atoms with E-state index in [4.69, 9.17) is 9.84 Å². The summed E-state index contributed by atoms with van der Waals surface area (Å²) in [7, 11) is 0. The van der Waals surface area contributed by atoms with Crippen molar-refractivity contribution < 1.29 is 29.0 Å². The fraction of sp³-hybridized carbons (Fsp3) is 0.714. The van der Waals surface area contributed by atoms with Gasteiger partial charge in [-0.1, -0.05) is 12.1 Å². The second-order valence-electron chi connectivity index (χ2n) is 15.1. The number of benzene rings is 1. The Hall–Kier alpha value is -3.34. The Morgan fingerprint density at radius 1 is 0.848 bits per heavy atom. The van der Waals surface area contributed by atoms with Gasteiger partial charge in [-0.2, -0.15) is 0 Å². The van der Waals surface area contributed by atoms with E-state index in [1.165, 1.54) is 12.8 Å². The molecule has 254 valence electrons. The highest BCUT2D eigenvalue weighted by atomic mass is 16.6. The molecule has 11 heteroatoms. The molecule has 0 bridgehead atoms. The Balaban J connectivity index is 0.000000247. The maximum absolute atomic E-state index is 12.4. The Kier molecular flexibility index (Phi) is 10.5. The van der Waals surface area contributed by atoms with Gasteiger partial charge < -0.3 is 29.9 Å². The molecule has 5 heterocycles. The molecule has 5 aliphatic rings. The van der Waals surface area contributed by atoms with Gasteiger partial charge in [0.1, 0.15) is 5.60 Å². The molecule has 0 aliphatic carbocycles. The van der Waals surface area contributed by atoms with E-state index < -0.39 is 11.7 Å². The Bertz CT molecular complexity index is 1240. The van der Waals surface area contributed by atoms with Gasteiger partial charge in [0.05, 0.1) is 5.92 Å². The van der Waals surface area contributed by atoms with Gasteiger partial charge in [-0.05, 0) is 120 Å². The summed E-state index contributed by atoms with van der Waals surface area (Å²) in [5, 5.41) is 14.7. The zero-order valence-corrected chi connectivity index (χ0v) is 27.9. The predicted molar refractivity (Wildman–Crippen MR) is 176 cm³/mol. The number of hydrogen-bond donors (Lipinski definition) is 3. The van der Waals surface area contributed by atoms with Crippen LogP contribution in [-0.4, -0.2) is 96.9 Å². The highest BCUT2D eigenvalue weighted by Gasteiger charge is 2.40. The summed E-state index contributed by atoms with van der Waals surface area (Å²) in [4.78, 5) is 52.6. The molecule has 0 radical (unpaired) electrons. The zero-order chi connectivity index (χ0) is 33.0. The van der Waals surface area contributed by atoms with Crippen molar-refractivity contribution in [3.8, 4) is 0 Å². The van der Waals surface area contributed by atoms with Crippen molar-refractivity contribution in [1.29, 1.82) is 0 Å². The summed E-state index contributed by atoms with van der Waals surface area (Å²) in [6.45, 7) is 12.9. The van der Waals surface area contributed by atoms with Gasteiger partial charge >= 0.3 is 12.2 Å². The van der Waals surface area contributed by atoms with Crippen LogP contribution in [0.4, 0.5) is 15.3 Å². The summed E-state index contributed by atoms with van der Waals surface area (Å²) in [6.07, 6.45) is 8.84. The van der Waals surface area contributed by atoms with E-state index in [0.29, 0.717) is 23.7 Å². The van der Waals surface area contributed by atoms with Crippen molar-refractivity contribution in [2.24, 2.45) is 10.8 Å². The SMILES string of the molecule is CC(C)(C)OC(=O)N1CCC2(CC1)CCN(c1cccc(C3CCC(=O)NC3=O)c1)CC2.O=C(O)N1CCC2(CCNCC2)CC1. The minimum atomic E-state index is -0.756. The number of ether oxygens (including phenoxy) is 1. The summed E-state index contributed by atoms with van der Waals surface area (Å²) in [5.41, 5.74) is 2.43. The molecule has 0 aromatic heterocycles. The Labute approximate surface area is 273 Å². The van der Waals surface area contributed by atoms with Crippen LogP contribution in [0.15, 0.2) is 24.3 Å². The van der Waals surface area contributed by atoms with E-state index in [-0.39, 0.29) is 23.8 Å². The van der Waals surface area contributed by atoms with Crippen LogP contribution in [0.3, 0.4) is 0 Å². The number of carbonyl (C=O) groups excluding carboxylic acids is 3. The molecule has 3 N–H and O–H groups in total. The third-order valence-corrected chi connectivity index (χ3v) is 10.9. The lowest BCUT2D eigenvalue weighted by Crippen LogP contribution is -2.49. The van der Waals surface area contributed by atoms with Crippen LogP contribution < -0.4 is 15.5 Å². The molecule has 1 aromatic carbocycles. The summed E-state index contributed by atoms with van der Waals surface area (Å²) in [5.74, 6) is -0.616. The second-order valence-corrected chi connectivity index (χ2v) is 15.1. The molecule has 5 saturated heterocycles. The molecule has 1 aromatic rings. The maximum Gasteiger partial charge on any atom is 0.410 e. The third-order valence-electron chi connectivity index (χ3n) is 10.9. The van der Waals surface area contributed by atoms with Crippen LogP contribution in [0, 0.1) is 10.8 Å². The first-order chi connectivity index (χ1) is 21.9. The number of imide groups is 1. The summed E-state index contributed by atoms with van der Waals surface area (Å²) < 4.78 is 5.53. The molecule has 0 saturated carbocycles. The second kappa shape index (κ2) is 14.2. The number of hydrogen-bond acceptors (Lipinski definition) is 7. The van der Waals surface area contributed by atoms with E-state index in [2.05, 4.69) is 27.7 Å². The number of likely N-dealkylation sites (tertiary alicyclic amines) is 2. The fourth-order valence-corrected chi connectivity index (χ4v) is 7.81. The molecule has 46 heavy (non-hydrogen) atoms. The molecule has 1 atom stereocenters. The predicted octanol–water partition coefficient (Wildman–Crippen LogP) is 4.95. The molecule has 4 amide bonds. The topological polar surface area (TPSA) is 132 Å². The van der Waals surface area contributed by atoms with Gasteiger partial charge in [0, 0.05) is 51.4 Å². The molecule has 6 rings (SSSR count). The normalized spacial score (nSPS) is 24.6. The van der Waals surface area contributed by atoms with E-state index in [9.17, 15) is 19.2 Å². The quantitative estimate of drug-likeness (QED) is 0.388. The number of nitrogens with one attached hydrogen (secondary N) is 2. The van der Waals surface area contributed by atoms with Crippen molar-refractivity contribution in [3.63, 3.8) is 0 Å². The van der Waals surface area contributed by atoms with Gasteiger partial charge in [-0.3, -0.25) is 14.9 Å². The van der Waals surface area contributed by atoms with Crippen LogP contribution in [0.25, 0.3) is 0 Å². The van der Waals surface area contributed by atoms with E-state index in [1.807, 2.05) is 37.8 Å². The number of nitrogens with zero attached hydrogens (tertiary/aromatic N) is 3. The molecule has 11 nitrogen and oxygen atoms in total. The van der Waals surface area contributed by atoms with Crippen LogP contribution in [0.1, 0.15) is 96.5 Å². The van der Waals surface area contributed by atoms with Crippen LogP contribution >= 0.6 is 0 Å². The molecule has 2 spiro atoms. The van der Waals surface area contributed by atoms with Crippen LogP contribution in [0.5, 0.6) is 0 Å². The van der Waals surface area contributed by atoms with E-state index >= 15 is 0 Å².